The number of amides is 2. The predicted molar refractivity (Wildman–Crippen MR) is 166 cm³/mol. The number of ether oxygens (including phenoxy) is 4. The van der Waals surface area contributed by atoms with Crippen LogP contribution in [0, 0.1) is 18.3 Å². The summed E-state index contributed by atoms with van der Waals surface area (Å²) < 4.78 is 22.0. The fraction of sp³-hybridized carbons (Fsp3) is 0.485. The van der Waals surface area contributed by atoms with Gasteiger partial charge >= 0.3 is 6.09 Å². The molecule has 1 fully saturated rings. The van der Waals surface area contributed by atoms with Gasteiger partial charge in [-0.15, -0.1) is 0 Å². The topological polar surface area (TPSA) is 189 Å². The van der Waals surface area contributed by atoms with Crippen LogP contribution in [0.4, 0.5) is 4.79 Å². The van der Waals surface area contributed by atoms with Gasteiger partial charge in [0.1, 0.15) is 12.1 Å². The molecule has 2 amide bonds. The number of benzene rings is 1. The molecule has 0 radical (unpaired) electrons. The minimum absolute atomic E-state index is 0.0368. The van der Waals surface area contributed by atoms with Gasteiger partial charge in [0.15, 0.2) is 29.8 Å². The highest BCUT2D eigenvalue weighted by molar-refractivity contribution is 6.24. The van der Waals surface area contributed by atoms with Crippen LogP contribution < -0.4 is 25.4 Å². The Morgan fingerprint density at radius 1 is 1.21 bits per heavy atom. The van der Waals surface area contributed by atoms with Gasteiger partial charge in [-0.25, -0.2) is 4.79 Å². The van der Waals surface area contributed by atoms with Gasteiger partial charge in [-0.2, -0.15) is 5.26 Å². The number of allylic oxidation sites excluding steroid dienone is 3. The lowest BCUT2D eigenvalue weighted by molar-refractivity contribution is -0.124. The molecular weight excluding hydrogens is 610 g/mol. The highest BCUT2D eigenvalue weighted by Gasteiger charge is 2.56. The maximum atomic E-state index is 13.7. The molecule has 14 nitrogen and oxygen atoms in total. The van der Waals surface area contributed by atoms with E-state index in [1.54, 1.807) is 7.11 Å². The number of aryl methyl sites for hydroxylation is 1. The largest absolute Gasteiger partial charge is 0.504 e. The summed E-state index contributed by atoms with van der Waals surface area (Å²) in [5.74, 6) is -1.32. The highest BCUT2D eigenvalue weighted by atomic mass is 16.7. The summed E-state index contributed by atoms with van der Waals surface area (Å²) in [7, 11) is 3.05. The minimum Gasteiger partial charge on any atom is -0.504 e. The molecular formula is C33H39N5O9. The molecule has 5 rings (SSSR count). The SMILES string of the molecule is C=C(C)OC(=O)N[C@@H](C)C(=O)NC[C@H]1C2=C(CC3[C@@H]4N[C@H](Cc5cc(C)c(OC)c(OCOC)c54)[C@H](C#N)N31)C(=O)C(C)=C(O)C2=O. The van der Waals surface area contributed by atoms with Gasteiger partial charge in [0.2, 0.25) is 11.7 Å². The smallest absolute Gasteiger partial charge is 0.412 e. The third-order valence-corrected chi connectivity index (χ3v) is 9.14. The highest BCUT2D eigenvalue weighted by Crippen LogP contribution is 2.51. The lowest BCUT2D eigenvalue weighted by Gasteiger charge is -2.57. The van der Waals surface area contributed by atoms with E-state index >= 15 is 0 Å². The molecule has 2 bridgehead atoms. The molecule has 6 atom stereocenters. The first-order chi connectivity index (χ1) is 22.3. The van der Waals surface area contributed by atoms with Crippen LogP contribution in [-0.2, 0) is 30.3 Å². The molecule has 0 spiro atoms. The number of aliphatic hydroxyl groups excluding tert-OH is 1. The zero-order chi connectivity index (χ0) is 34.3. The number of carbonyl (C=O) groups excluding carboxylic acids is 4. The monoisotopic (exact) mass is 649 g/mol. The van der Waals surface area contributed by atoms with Crippen LogP contribution in [-0.4, -0.2) is 91.3 Å². The van der Waals surface area contributed by atoms with E-state index in [2.05, 4.69) is 28.6 Å². The Morgan fingerprint density at radius 3 is 2.57 bits per heavy atom. The van der Waals surface area contributed by atoms with Gasteiger partial charge in [0.25, 0.3) is 0 Å². The summed E-state index contributed by atoms with van der Waals surface area (Å²) in [6.45, 7) is 9.50. The predicted octanol–water partition coefficient (Wildman–Crippen LogP) is 1.94. The van der Waals surface area contributed by atoms with Crippen LogP contribution in [0.15, 0.2) is 40.9 Å². The zero-order valence-corrected chi connectivity index (χ0v) is 27.2. The number of aliphatic hydroxyl groups is 1. The third kappa shape index (κ3) is 5.86. The van der Waals surface area contributed by atoms with Gasteiger partial charge < -0.3 is 40.0 Å². The number of carbonyl (C=O) groups is 4. The van der Waals surface area contributed by atoms with Gasteiger partial charge in [-0.1, -0.05) is 12.6 Å². The Labute approximate surface area is 272 Å². The van der Waals surface area contributed by atoms with E-state index in [1.807, 2.05) is 17.9 Å². The standard InChI is InChI=1S/C33H39N5O9/c1-14(2)47-33(43)36-17(5)32(42)35-12-23-25-19(27(39)16(4)28(40)29(25)41)10-21-26-24-18(9-20(37-26)22(11-34)38(21)23)8-15(3)30(45-7)31(24)46-13-44-6/h8,17,20-23,26,37,40H,1,9-10,12-13H2,2-7H3,(H,35,42)(H,36,43)/t17-,20+,21?,22-,23-,26-/m0/s1. The lowest BCUT2D eigenvalue weighted by Crippen LogP contribution is -2.71. The second-order valence-corrected chi connectivity index (χ2v) is 12.2. The molecule has 1 unspecified atom stereocenters. The van der Waals surface area contributed by atoms with Crippen molar-refractivity contribution >= 4 is 23.6 Å². The number of fused-ring (bicyclic) bond motifs is 6. The average Bonchev–Trinajstić information content (AvgIpc) is 3.02. The number of nitrogens with zero attached hydrogens (tertiary/aromatic N) is 2. The number of nitrogens with one attached hydrogen (secondary N) is 3. The molecule has 4 aliphatic rings. The first-order valence-electron chi connectivity index (χ1n) is 15.2. The summed E-state index contributed by atoms with van der Waals surface area (Å²) in [6, 6.07) is 0.185. The zero-order valence-electron chi connectivity index (χ0n) is 27.2. The van der Waals surface area contributed by atoms with E-state index in [-0.39, 0.29) is 42.2 Å². The quantitative estimate of drug-likeness (QED) is 0.173. The molecule has 1 aromatic carbocycles. The van der Waals surface area contributed by atoms with Crippen LogP contribution in [0.2, 0.25) is 0 Å². The van der Waals surface area contributed by atoms with Crippen molar-refractivity contribution in [2.24, 2.45) is 0 Å². The van der Waals surface area contributed by atoms with Crippen molar-refractivity contribution in [3.05, 3.63) is 57.6 Å². The average molecular weight is 650 g/mol. The van der Waals surface area contributed by atoms with Gasteiger partial charge in [0.05, 0.1) is 31.0 Å². The Bertz CT molecular complexity index is 1660. The number of Topliss-reactive ketones (excluding diaryl/α,β-unsaturated/α-hetero) is 2. The van der Waals surface area contributed by atoms with Crippen molar-refractivity contribution in [3.8, 4) is 17.6 Å². The summed E-state index contributed by atoms with van der Waals surface area (Å²) in [4.78, 5) is 54.5. The number of hydrogen-bond acceptors (Lipinski definition) is 12. The Balaban J connectivity index is 1.59. The number of piperazine rings is 1. The molecule has 4 N–H and O–H groups in total. The van der Waals surface area contributed by atoms with E-state index in [9.17, 15) is 29.5 Å². The van der Waals surface area contributed by atoms with Crippen molar-refractivity contribution in [3.63, 3.8) is 0 Å². The van der Waals surface area contributed by atoms with Crippen LogP contribution in [0.1, 0.15) is 49.9 Å². The maximum absolute atomic E-state index is 13.7. The van der Waals surface area contributed by atoms with Gasteiger partial charge in [-0.05, 0) is 51.7 Å². The minimum atomic E-state index is -1.04. The van der Waals surface area contributed by atoms with Crippen molar-refractivity contribution in [1.82, 2.24) is 20.9 Å². The summed E-state index contributed by atoms with van der Waals surface area (Å²) in [5, 5.41) is 30.1. The molecule has 14 heteroatoms. The molecule has 1 aliphatic carbocycles. The van der Waals surface area contributed by atoms with E-state index in [0.29, 0.717) is 17.9 Å². The summed E-state index contributed by atoms with van der Waals surface area (Å²) in [6.07, 6.45) is -0.339. The summed E-state index contributed by atoms with van der Waals surface area (Å²) in [5.41, 5.74) is 2.77. The number of nitriles is 1. The van der Waals surface area contributed by atoms with E-state index in [0.717, 1.165) is 16.7 Å². The second kappa shape index (κ2) is 13.2. The lowest BCUT2D eigenvalue weighted by atomic mass is 9.70. The molecule has 1 aromatic rings. The fourth-order valence-electron chi connectivity index (χ4n) is 7.18. The first kappa shape index (κ1) is 33.6. The van der Waals surface area contributed by atoms with Crippen LogP contribution >= 0.6 is 0 Å². The van der Waals surface area contributed by atoms with E-state index < -0.39 is 65.6 Å². The Hall–Kier alpha value is -4.71. The van der Waals surface area contributed by atoms with Gasteiger partial charge in [-0.3, -0.25) is 19.3 Å². The van der Waals surface area contributed by atoms with Crippen LogP contribution in [0.25, 0.3) is 0 Å². The molecule has 0 saturated carbocycles. The molecule has 3 aliphatic heterocycles. The van der Waals surface area contributed by atoms with E-state index in [4.69, 9.17) is 18.9 Å². The first-order valence-corrected chi connectivity index (χ1v) is 15.2. The normalized spacial score (nSPS) is 25.5. The maximum Gasteiger partial charge on any atom is 0.412 e. The molecule has 250 valence electrons. The number of rotatable bonds is 9. The number of hydrogen-bond donors (Lipinski definition) is 4. The molecule has 1 saturated heterocycles. The van der Waals surface area contributed by atoms with Crippen molar-refractivity contribution in [1.29, 1.82) is 5.26 Å². The van der Waals surface area contributed by atoms with Crippen molar-refractivity contribution in [2.45, 2.75) is 76.8 Å². The van der Waals surface area contributed by atoms with Gasteiger partial charge in [0, 0.05) is 48.0 Å². The Morgan fingerprint density at radius 2 is 1.94 bits per heavy atom. The van der Waals surface area contributed by atoms with Crippen molar-refractivity contribution < 1.29 is 43.2 Å². The van der Waals surface area contributed by atoms with Crippen LogP contribution in [0.3, 0.4) is 0 Å². The fourth-order valence-corrected chi connectivity index (χ4v) is 7.18. The Kier molecular flexibility index (Phi) is 9.44. The third-order valence-electron chi connectivity index (χ3n) is 9.14. The second-order valence-electron chi connectivity index (χ2n) is 12.2. The number of methoxy groups -OCH3 is 2. The summed E-state index contributed by atoms with van der Waals surface area (Å²) >= 11 is 0. The molecule has 0 aromatic heterocycles. The van der Waals surface area contributed by atoms with Crippen LogP contribution in [0.5, 0.6) is 11.5 Å². The molecule has 47 heavy (non-hydrogen) atoms. The molecule has 3 heterocycles. The number of ketones is 2. The van der Waals surface area contributed by atoms with Crippen molar-refractivity contribution in [2.75, 3.05) is 27.6 Å². The van der Waals surface area contributed by atoms with E-state index in [1.165, 1.54) is 27.9 Å². The number of alkyl carbamates (subject to hydrolysis) is 1.